The van der Waals surface area contributed by atoms with Crippen LogP contribution in [0.15, 0.2) is 24.3 Å². The highest BCUT2D eigenvalue weighted by Crippen LogP contribution is 1.75. The van der Waals surface area contributed by atoms with Gasteiger partial charge in [-0.25, -0.2) is 0 Å². The molecule has 1 radical (unpaired) electrons. The fourth-order valence-corrected chi connectivity index (χ4v) is 0.470. The smallest absolute Gasteiger partial charge is 0.0889 e. The van der Waals surface area contributed by atoms with Gasteiger partial charge in [0.25, 0.3) is 0 Å². The molecule has 0 spiro atoms. The van der Waals surface area contributed by atoms with E-state index in [0.29, 0.717) is 0 Å². The van der Waals surface area contributed by atoms with Gasteiger partial charge in [-0.2, -0.15) is 0 Å². The van der Waals surface area contributed by atoms with Crippen molar-refractivity contribution in [3.05, 3.63) is 30.3 Å². The lowest BCUT2D eigenvalue weighted by molar-refractivity contribution is 1.75. The maximum absolute atomic E-state index is 2.93. The SMILES string of the molecule is Bc1cc[c]cc1. The molecule has 0 saturated carbocycles. The van der Waals surface area contributed by atoms with Crippen molar-refractivity contribution in [1.29, 1.82) is 0 Å². The third kappa shape index (κ3) is 1.07. The van der Waals surface area contributed by atoms with Gasteiger partial charge in [0.2, 0.25) is 0 Å². The van der Waals surface area contributed by atoms with Crippen molar-refractivity contribution < 1.29 is 0 Å². The zero-order valence-corrected chi connectivity index (χ0v) is 4.31. The van der Waals surface area contributed by atoms with Crippen LogP contribution in [0.1, 0.15) is 0 Å². The molecule has 1 heteroatoms. The minimum absolute atomic E-state index is 1.29. The Kier molecular flexibility index (Phi) is 1.16. The van der Waals surface area contributed by atoms with Gasteiger partial charge in [0, 0.05) is 0 Å². The maximum Gasteiger partial charge on any atom is 0.139 e. The summed E-state index contributed by atoms with van der Waals surface area (Å²) in [5.74, 6) is 0. The fourth-order valence-electron chi connectivity index (χ4n) is 0.470. The van der Waals surface area contributed by atoms with Crippen LogP contribution >= 0.6 is 0 Å². The highest BCUT2D eigenvalue weighted by atomic mass is 13.7. The molecule has 0 aliphatic rings. The van der Waals surface area contributed by atoms with E-state index >= 15 is 0 Å². The number of benzene rings is 1. The first kappa shape index (κ1) is 4.44. The van der Waals surface area contributed by atoms with E-state index in [-0.39, 0.29) is 0 Å². The topological polar surface area (TPSA) is 0 Å². The molecular formula is C6H6B. The molecule has 0 unspecified atom stereocenters. The van der Waals surface area contributed by atoms with Crippen LogP contribution in [-0.2, 0) is 0 Å². The normalized spacial score (nSPS) is 8.57. The lowest BCUT2D eigenvalue weighted by atomic mass is 9.97. The van der Waals surface area contributed by atoms with Crippen LogP contribution in [0, 0.1) is 6.07 Å². The van der Waals surface area contributed by atoms with Crippen LogP contribution in [0.3, 0.4) is 0 Å². The second-order valence-electron chi connectivity index (χ2n) is 1.58. The molecule has 0 heterocycles. The van der Waals surface area contributed by atoms with Crippen LogP contribution < -0.4 is 5.46 Å². The number of rotatable bonds is 0. The first-order chi connectivity index (χ1) is 3.39. The zero-order valence-electron chi connectivity index (χ0n) is 4.31. The molecule has 0 atom stereocenters. The van der Waals surface area contributed by atoms with Crippen molar-refractivity contribution in [2.75, 3.05) is 0 Å². The van der Waals surface area contributed by atoms with Crippen LogP contribution in [0.4, 0.5) is 0 Å². The van der Waals surface area contributed by atoms with Gasteiger partial charge in [-0.05, 0) is 6.07 Å². The predicted molar refractivity (Wildman–Crippen MR) is 33.5 cm³/mol. The van der Waals surface area contributed by atoms with Crippen molar-refractivity contribution in [3.8, 4) is 0 Å². The fraction of sp³-hybridized carbons (Fsp3) is 0. The number of hydrogen-bond donors (Lipinski definition) is 0. The third-order valence-corrected chi connectivity index (χ3v) is 0.885. The highest BCUT2D eigenvalue weighted by Gasteiger charge is 1.73. The first-order valence-electron chi connectivity index (χ1n) is 2.32. The third-order valence-electron chi connectivity index (χ3n) is 0.885. The van der Waals surface area contributed by atoms with E-state index in [1.807, 2.05) is 24.3 Å². The Bertz CT molecular complexity index is 134. The Hall–Kier alpha value is -0.715. The maximum atomic E-state index is 2.93. The minimum Gasteiger partial charge on any atom is -0.0889 e. The summed E-state index contributed by atoms with van der Waals surface area (Å²) in [6.45, 7) is 0. The van der Waals surface area contributed by atoms with Crippen molar-refractivity contribution >= 4 is 13.3 Å². The number of hydrogen-bond acceptors (Lipinski definition) is 0. The Balaban J connectivity index is 3.02. The Morgan fingerprint density at radius 1 is 1.29 bits per heavy atom. The summed E-state index contributed by atoms with van der Waals surface area (Å²) in [7, 11) is 2.06. The van der Waals surface area contributed by atoms with Crippen molar-refractivity contribution in [3.63, 3.8) is 0 Å². The largest absolute Gasteiger partial charge is 0.139 e. The lowest BCUT2D eigenvalue weighted by Gasteiger charge is -1.82. The molecule has 0 amide bonds. The van der Waals surface area contributed by atoms with E-state index < -0.39 is 0 Å². The van der Waals surface area contributed by atoms with E-state index in [4.69, 9.17) is 0 Å². The summed E-state index contributed by atoms with van der Waals surface area (Å²) >= 11 is 0. The van der Waals surface area contributed by atoms with Crippen LogP contribution in [0.2, 0.25) is 0 Å². The Labute approximate surface area is 44.6 Å². The molecule has 7 heavy (non-hydrogen) atoms. The summed E-state index contributed by atoms with van der Waals surface area (Å²) in [6, 6.07) is 10.8. The molecule has 0 aliphatic carbocycles. The van der Waals surface area contributed by atoms with E-state index in [0.717, 1.165) is 0 Å². The van der Waals surface area contributed by atoms with E-state index in [1.54, 1.807) is 0 Å². The molecule has 1 rings (SSSR count). The standard InChI is InChI=1S/C6H6B/c7-6-4-2-1-3-5-6/h2-5H,7H2. The second kappa shape index (κ2) is 1.83. The molecule has 0 aromatic heterocycles. The minimum atomic E-state index is 1.29. The molecular weight excluding hydrogens is 82.9 g/mol. The van der Waals surface area contributed by atoms with Crippen molar-refractivity contribution in [2.24, 2.45) is 0 Å². The van der Waals surface area contributed by atoms with Gasteiger partial charge in [0.15, 0.2) is 0 Å². The Morgan fingerprint density at radius 2 is 1.86 bits per heavy atom. The average Bonchev–Trinajstić information content (AvgIpc) is 1.69. The molecule has 0 nitrogen and oxygen atoms in total. The average molecular weight is 88.9 g/mol. The molecule has 1 aromatic carbocycles. The van der Waals surface area contributed by atoms with Crippen LogP contribution in [0.5, 0.6) is 0 Å². The van der Waals surface area contributed by atoms with Crippen molar-refractivity contribution in [2.45, 2.75) is 0 Å². The van der Waals surface area contributed by atoms with Gasteiger partial charge in [0.05, 0.1) is 0 Å². The van der Waals surface area contributed by atoms with Gasteiger partial charge < -0.3 is 0 Å². The quantitative estimate of drug-likeness (QED) is 0.384. The summed E-state index contributed by atoms with van der Waals surface area (Å²) in [5.41, 5.74) is 1.29. The summed E-state index contributed by atoms with van der Waals surface area (Å²) in [5, 5.41) is 0. The van der Waals surface area contributed by atoms with E-state index in [9.17, 15) is 0 Å². The van der Waals surface area contributed by atoms with Gasteiger partial charge in [-0.1, -0.05) is 29.7 Å². The Morgan fingerprint density at radius 3 is 2.14 bits per heavy atom. The second-order valence-corrected chi connectivity index (χ2v) is 1.58. The molecule has 1 aromatic rings. The molecule has 0 aliphatic heterocycles. The lowest BCUT2D eigenvalue weighted by Crippen LogP contribution is -1.97. The van der Waals surface area contributed by atoms with Crippen LogP contribution in [0.25, 0.3) is 0 Å². The van der Waals surface area contributed by atoms with E-state index in [1.165, 1.54) is 5.46 Å². The van der Waals surface area contributed by atoms with Gasteiger partial charge in [-0.3, -0.25) is 0 Å². The van der Waals surface area contributed by atoms with E-state index in [2.05, 4.69) is 13.9 Å². The highest BCUT2D eigenvalue weighted by molar-refractivity contribution is 6.32. The molecule has 0 fully saturated rings. The molecule has 0 N–H and O–H groups in total. The zero-order chi connectivity index (χ0) is 5.11. The summed E-state index contributed by atoms with van der Waals surface area (Å²) in [6.07, 6.45) is 0. The summed E-state index contributed by atoms with van der Waals surface area (Å²) in [4.78, 5) is 0. The molecule has 0 bridgehead atoms. The van der Waals surface area contributed by atoms with Crippen LogP contribution in [-0.4, -0.2) is 7.85 Å². The summed E-state index contributed by atoms with van der Waals surface area (Å²) < 4.78 is 0. The molecule has 33 valence electrons. The van der Waals surface area contributed by atoms with Gasteiger partial charge >= 0.3 is 0 Å². The monoisotopic (exact) mass is 89.1 g/mol. The van der Waals surface area contributed by atoms with Crippen molar-refractivity contribution in [1.82, 2.24) is 0 Å². The van der Waals surface area contributed by atoms with Gasteiger partial charge in [0.1, 0.15) is 7.85 Å². The van der Waals surface area contributed by atoms with Gasteiger partial charge in [-0.15, -0.1) is 0 Å². The first-order valence-corrected chi connectivity index (χ1v) is 2.32. The predicted octanol–water partition coefficient (Wildman–Crippen LogP) is -0.255. The molecule has 0 saturated heterocycles.